The average molecular weight is 381 g/mol. The van der Waals surface area contributed by atoms with Crippen LogP contribution >= 0.6 is 8.16 Å². The summed E-state index contributed by atoms with van der Waals surface area (Å²) < 4.78 is 49.2. The molecule has 0 saturated carbocycles. The molecule has 0 aliphatic carbocycles. The first-order valence-electron chi connectivity index (χ1n) is 6.59. The van der Waals surface area contributed by atoms with Gasteiger partial charge in [-0.05, 0) is 12.8 Å². The van der Waals surface area contributed by atoms with E-state index in [1.165, 1.54) is 6.42 Å². The quantitative estimate of drug-likeness (QED) is 0.138. The number of quaternary nitrogens is 1. The monoisotopic (exact) mass is 381 g/mol. The van der Waals surface area contributed by atoms with E-state index >= 15 is 0 Å². The molecule has 1 fully saturated rings. The Kier molecular flexibility index (Phi) is 10.6. The van der Waals surface area contributed by atoms with Crippen molar-refractivity contribution in [3.8, 4) is 6.07 Å². The van der Waals surface area contributed by atoms with E-state index < -0.39 is 8.16 Å². The summed E-state index contributed by atoms with van der Waals surface area (Å²) in [4.78, 5) is 11.6. The number of nitrogens with zero attached hydrogens (tertiary/aromatic N) is 4. The zero-order chi connectivity index (χ0) is 18.1. The van der Waals surface area contributed by atoms with Crippen molar-refractivity contribution in [3.05, 3.63) is 11.4 Å². The first-order valence-corrected chi connectivity index (χ1v) is 8.28. The molecule has 6 nitrogen and oxygen atoms in total. The molecular formula is C11H18F6N5OP. The first kappa shape index (κ1) is 24.6. The van der Waals surface area contributed by atoms with Crippen LogP contribution in [0, 0.1) is 17.9 Å². The first-order chi connectivity index (χ1) is 10.4. The third-order valence-corrected chi connectivity index (χ3v) is 2.66. The number of hydrogen-bond donors (Lipinski definition) is 1. The van der Waals surface area contributed by atoms with Crippen molar-refractivity contribution in [2.45, 2.75) is 25.6 Å². The van der Waals surface area contributed by atoms with Gasteiger partial charge < -0.3 is 9.55 Å². The minimum atomic E-state index is -8.55. The fraction of sp³-hybridized carbons (Fsp3) is 0.727. The van der Waals surface area contributed by atoms with Crippen LogP contribution in [0.15, 0.2) is 5.16 Å². The smallest absolute Gasteiger partial charge is 0.392 e. The summed E-state index contributed by atoms with van der Waals surface area (Å²) in [5.74, 6) is -0.256. The van der Waals surface area contributed by atoms with Crippen LogP contribution < -0.4 is 9.60 Å². The molecule has 0 radical (unpaired) electrons. The summed E-state index contributed by atoms with van der Waals surface area (Å²) in [6.45, 7) is 8.68. The molecule has 1 heterocycles. The predicted octanol–water partition coefficient (Wildman–Crippen LogP) is -0.360. The third-order valence-electron chi connectivity index (χ3n) is 2.66. The second-order valence-electron chi connectivity index (χ2n) is 4.91. The van der Waals surface area contributed by atoms with E-state index in [-0.39, 0.29) is 16.9 Å². The van der Waals surface area contributed by atoms with Gasteiger partial charge in [-0.3, -0.25) is 4.90 Å². The van der Waals surface area contributed by atoms with E-state index in [4.69, 9.17) is 16.7 Å². The van der Waals surface area contributed by atoms with Crippen molar-refractivity contribution in [1.29, 1.82) is 5.26 Å². The van der Waals surface area contributed by atoms with E-state index in [1.54, 1.807) is 6.07 Å². The fourth-order valence-electron chi connectivity index (χ4n) is 1.86. The number of piperidine rings is 1. The SMILES string of the molecule is FP(F)(F)(F)F.[C-]#[N+]/C(C#N)=N\OC(N1CCCCC1)[NH+](C)C.[F-]. The molecule has 1 saturated heterocycles. The van der Waals surface area contributed by atoms with Crippen molar-refractivity contribution in [2.75, 3.05) is 27.2 Å². The summed E-state index contributed by atoms with van der Waals surface area (Å²) in [6, 6.07) is 1.69. The molecule has 0 spiro atoms. The Bertz CT molecular complexity index is 457. The van der Waals surface area contributed by atoms with Crippen LogP contribution in [-0.2, 0) is 4.84 Å². The molecule has 1 unspecified atom stereocenters. The van der Waals surface area contributed by atoms with Gasteiger partial charge in [0.25, 0.3) is 0 Å². The Morgan fingerprint density at radius 2 is 1.71 bits per heavy atom. The second-order valence-corrected chi connectivity index (χ2v) is 6.19. The van der Waals surface area contributed by atoms with Gasteiger partial charge in [-0.1, -0.05) is 13.0 Å². The maximum atomic E-state index is 9.84. The Morgan fingerprint density at radius 1 is 1.25 bits per heavy atom. The molecule has 1 aliphatic heterocycles. The van der Waals surface area contributed by atoms with Gasteiger partial charge in [0.1, 0.15) is 6.07 Å². The van der Waals surface area contributed by atoms with Crippen LogP contribution in [0.5, 0.6) is 0 Å². The standard InChI is InChI=1S/C11H17N5O.F5P.FH/c1-13-10(9-12)14-17-11(15(2)3)16-7-5-4-6-8-16;1-6(2,3,4)5;/h11H,4-8H2,2-3H3;;1H/b14-10-;;. The number of rotatable bonds is 4. The van der Waals surface area contributed by atoms with Crippen molar-refractivity contribution >= 4 is 14.0 Å². The molecule has 1 aliphatic rings. The zero-order valence-corrected chi connectivity index (χ0v) is 13.9. The van der Waals surface area contributed by atoms with Crippen LogP contribution in [0.2, 0.25) is 0 Å². The Morgan fingerprint density at radius 3 is 2.04 bits per heavy atom. The molecule has 0 aromatic rings. The van der Waals surface area contributed by atoms with Crippen LogP contribution in [0.4, 0.5) is 21.0 Å². The molecule has 1 rings (SSSR count). The van der Waals surface area contributed by atoms with E-state index in [0.717, 1.165) is 30.8 Å². The summed E-state index contributed by atoms with van der Waals surface area (Å²) >= 11 is 0. The molecule has 13 heteroatoms. The summed E-state index contributed by atoms with van der Waals surface area (Å²) in [5, 5.41) is 12.2. The van der Waals surface area contributed by atoms with Gasteiger partial charge >= 0.3 is 41.3 Å². The van der Waals surface area contributed by atoms with Gasteiger partial charge in [0.15, 0.2) is 0 Å². The Hall–Kier alpha value is -1.62. The Balaban J connectivity index is 0. The van der Waals surface area contributed by atoms with Crippen molar-refractivity contribution in [2.24, 2.45) is 5.16 Å². The predicted molar refractivity (Wildman–Crippen MR) is 75.2 cm³/mol. The number of halogens is 6. The van der Waals surface area contributed by atoms with Gasteiger partial charge in [-0.25, -0.2) is 15.0 Å². The molecule has 0 aromatic carbocycles. The van der Waals surface area contributed by atoms with Crippen LogP contribution in [0.3, 0.4) is 0 Å². The Labute approximate surface area is 136 Å². The van der Waals surface area contributed by atoms with Crippen LogP contribution in [-0.4, -0.2) is 44.3 Å². The van der Waals surface area contributed by atoms with Crippen LogP contribution in [0.1, 0.15) is 19.3 Å². The molecule has 0 bridgehead atoms. The molecule has 0 aromatic heterocycles. The van der Waals surface area contributed by atoms with E-state index in [0.29, 0.717) is 0 Å². The van der Waals surface area contributed by atoms with Gasteiger partial charge in [0.05, 0.1) is 19.3 Å². The summed E-state index contributed by atoms with van der Waals surface area (Å²) in [6.07, 6.45) is 3.34. The van der Waals surface area contributed by atoms with E-state index in [1.807, 2.05) is 14.1 Å². The molecule has 0 amide bonds. The number of likely N-dealkylation sites (tertiary alicyclic amines) is 1. The molecule has 24 heavy (non-hydrogen) atoms. The van der Waals surface area contributed by atoms with Gasteiger partial charge in [-0.15, -0.1) is 0 Å². The second kappa shape index (κ2) is 10.3. The third kappa shape index (κ3) is 14.0. The van der Waals surface area contributed by atoms with Gasteiger partial charge in [0, 0.05) is 13.1 Å². The molecule has 140 valence electrons. The largest absolute Gasteiger partial charge is 1.00 e. The number of nitriles is 1. The van der Waals surface area contributed by atoms with E-state index in [2.05, 4.69) is 14.9 Å². The number of hydrogen-bond acceptors (Lipinski definition) is 4. The summed E-state index contributed by atoms with van der Waals surface area (Å²) in [5.41, 5.74) is 0. The number of nitrogens with one attached hydrogen (secondary N) is 1. The van der Waals surface area contributed by atoms with Crippen molar-refractivity contribution in [1.82, 2.24) is 4.90 Å². The van der Waals surface area contributed by atoms with Crippen molar-refractivity contribution < 1.29 is 35.4 Å². The topological polar surface area (TPSA) is 57.4 Å². The normalized spacial score (nSPS) is 18.6. The zero-order valence-electron chi connectivity index (χ0n) is 13.0. The minimum Gasteiger partial charge on any atom is -1.00 e. The molecule has 1 atom stereocenters. The number of amidine groups is 1. The van der Waals surface area contributed by atoms with Crippen molar-refractivity contribution in [3.63, 3.8) is 0 Å². The average Bonchev–Trinajstić information content (AvgIpc) is 2.41. The van der Waals surface area contributed by atoms with Crippen LogP contribution in [0.25, 0.3) is 4.85 Å². The number of oxime groups is 1. The minimum absolute atomic E-state index is 0. The maximum absolute atomic E-state index is 9.84. The fourth-order valence-corrected chi connectivity index (χ4v) is 1.86. The van der Waals surface area contributed by atoms with E-state index in [9.17, 15) is 21.0 Å². The molecular weight excluding hydrogens is 363 g/mol. The molecule has 1 N–H and O–H groups in total. The van der Waals surface area contributed by atoms with Gasteiger partial charge in [-0.2, -0.15) is 0 Å². The maximum Gasteiger partial charge on any atom is 0.392 e. The summed E-state index contributed by atoms with van der Waals surface area (Å²) in [7, 11) is -4.61. The van der Waals surface area contributed by atoms with Gasteiger partial charge in [0.2, 0.25) is 0 Å².